The summed E-state index contributed by atoms with van der Waals surface area (Å²) in [5, 5.41) is 19.7. The number of rotatable bonds is 7. The van der Waals surface area contributed by atoms with Gasteiger partial charge in [0.25, 0.3) is 5.56 Å². The lowest BCUT2D eigenvalue weighted by molar-refractivity contribution is -0.0328. The Labute approximate surface area is 133 Å². The van der Waals surface area contributed by atoms with Crippen molar-refractivity contribution in [2.24, 2.45) is 11.7 Å². The molecule has 0 aromatic carbocycles. The molecule has 1 aliphatic rings. The number of hydrogen-bond acceptors (Lipinski definition) is 6. The molecule has 0 radical (unpaired) electrons. The maximum Gasteiger partial charge on any atom is 0.328 e. The third kappa shape index (κ3) is 3.89. The number of aromatic nitrogens is 2. The van der Waals surface area contributed by atoms with Gasteiger partial charge in [-0.2, -0.15) is 0 Å². The molecule has 0 spiro atoms. The standard InChI is InChI=1S/C15H25N3O5/c1-9-7-18(15(22)17-14(9)21)11-6-12(20)10(8-19)13(11)23-5-3-2-4-16/h7,10-13,19-20H,2-6,8,16H2,1H3,(H,17,21,22)/t10-,11+,12+,13+/m1/s1. The zero-order valence-electron chi connectivity index (χ0n) is 13.3. The van der Waals surface area contributed by atoms with Crippen molar-refractivity contribution < 1.29 is 14.9 Å². The highest BCUT2D eigenvalue weighted by molar-refractivity contribution is 5.05. The predicted molar refractivity (Wildman–Crippen MR) is 84.3 cm³/mol. The van der Waals surface area contributed by atoms with Crippen LogP contribution in [0, 0.1) is 12.8 Å². The fourth-order valence-electron chi connectivity index (χ4n) is 3.09. The molecule has 23 heavy (non-hydrogen) atoms. The van der Waals surface area contributed by atoms with E-state index in [2.05, 4.69) is 4.98 Å². The molecule has 8 heteroatoms. The van der Waals surface area contributed by atoms with Crippen molar-refractivity contribution in [3.05, 3.63) is 32.6 Å². The molecular formula is C15H25N3O5. The molecule has 0 bridgehead atoms. The number of unbranched alkanes of at least 4 members (excludes halogenated alkanes) is 1. The number of nitrogens with one attached hydrogen (secondary N) is 1. The minimum absolute atomic E-state index is 0.226. The zero-order chi connectivity index (χ0) is 17.0. The Bertz CT molecular complexity index is 626. The van der Waals surface area contributed by atoms with E-state index in [1.54, 1.807) is 6.92 Å². The number of aliphatic hydroxyl groups excluding tert-OH is 2. The third-order valence-electron chi connectivity index (χ3n) is 4.40. The molecule has 2 rings (SSSR count). The first-order valence-electron chi connectivity index (χ1n) is 7.92. The van der Waals surface area contributed by atoms with Crippen LogP contribution in [0.15, 0.2) is 15.8 Å². The van der Waals surface area contributed by atoms with Gasteiger partial charge in [-0.25, -0.2) is 4.79 Å². The summed E-state index contributed by atoms with van der Waals surface area (Å²) >= 11 is 0. The summed E-state index contributed by atoms with van der Waals surface area (Å²) in [7, 11) is 0. The van der Waals surface area contributed by atoms with Crippen molar-refractivity contribution >= 4 is 0 Å². The molecule has 1 saturated carbocycles. The van der Waals surface area contributed by atoms with Gasteiger partial charge in [0.15, 0.2) is 0 Å². The Kier molecular flexibility index (Phi) is 6.11. The number of hydrogen-bond donors (Lipinski definition) is 4. The van der Waals surface area contributed by atoms with Crippen LogP contribution in [-0.2, 0) is 4.74 Å². The van der Waals surface area contributed by atoms with Gasteiger partial charge in [-0.3, -0.25) is 14.3 Å². The average molecular weight is 327 g/mol. The number of aliphatic hydroxyl groups is 2. The lowest BCUT2D eigenvalue weighted by atomic mass is 10.0. The van der Waals surface area contributed by atoms with Crippen LogP contribution >= 0.6 is 0 Å². The summed E-state index contributed by atoms with van der Waals surface area (Å²) in [6, 6.07) is -0.428. The molecule has 0 saturated heterocycles. The first-order chi connectivity index (χ1) is 11.0. The molecule has 1 aliphatic carbocycles. The van der Waals surface area contributed by atoms with Gasteiger partial charge < -0.3 is 20.7 Å². The zero-order valence-corrected chi connectivity index (χ0v) is 13.3. The SMILES string of the molecule is Cc1cn([C@H]2C[C@H](O)[C@@H](CO)[C@@H]2OCCCCN)c(=O)[nH]c1=O. The fraction of sp³-hybridized carbons (Fsp3) is 0.733. The minimum atomic E-state index is -0.761. The molecule has 1 heterocycles. The van der Waals surface area contributed by atoms with Gasteiger partial charge >= 0.3 is 5.69 Å². The van der Waals surface area contributed by atoms with E-state index in [0.717, 1.165) is 12.8 Å². The second-order valence-electron chi connectivity index (χ2n) is 6.03. The Balaban J connectivity index is 2.25. The van der Waals surface area contributed by atoms with E-state index in [-0.39, 0.29) is 13.0 Å². The number of ether oxygens (including phenoxy) is 1. The summed E-state index contributed by atoms with van der Waals surface area (Å²) in [5.41, 5.74) is 4.90. The van der Waals surface area contributed by atoms with Crippen molar-refractivity contribution in [2.45, 2.75) is 44.4 Å². The Morgan fingerprint density at radius 3 is 2.83 bits per heavy atom. The van der Waals surface area contributed by atoms with Crippen LogP contribution in [0.25, 0.3) is 0 Å². The summed E-state index contributed by atoms with van der Waals surface area (Å²) in [4.78, 5) is 25.9. The van der Waals surface area contributed by atoms with Gasteiger partial charge in [-0.1, -0.05) is 0 Å². The molecule has 0 unspecified atom stereocenters. The van der Waals surface area contributed by atoms with Crippen LogP contribution in [0.5, 0.6) is 0 Å². The molecule has 130 valence electrons. The van der Waals surface area contributed by atoms with Crippen molar-refractivity contribution in [1.82, 2.24) is 9.55 Å². The molecule has 1 aromatic rings. The first kappa shape index (κ1) is 17.9. The summed E-state index contributed by atoms with van der Waals surface area (Å²) in [6.07, 6.45) is 2.11. The number of nitrogens with zero attached hydrogens (tertiary/aromatic N) is 1. The Hall–Kier alpha value is -1.48. The lowest BCUT2D eigenvalue weighted by Crippen LogP contribution is -2.38. The molecular weight excluding hydrogens is 302 g/mol. The molecule has 4 atom stereocenters. The topological polar surface area (TPSA) is 131 Å². The fourth-order valence-corrected chi connectivity index (χ4v) is 3.09. The number of nitrogens with two attached hydrogens (primary N) is 1. The number of H-pyrrole nitrogens is 1. The van der Waals surface area contributed by atoms with E-state index in [4.69, 9.17) is 10.5 Å². The molecule has 5 N–H and O–H groups in total. The van der Waals surface area contributed by atoms with Crippen LogP contribution in [0.4, 0.5) is 0 Å². The van der Waals surface area contributed by atoms with Crippen LogP contribution in [0.2, 0.25) is 0 Å². The largest absolute Gasteiger partial charge is 0.396 e. The maximum absolute atomic E-state index is 12.1. The van der Waals surface area contributed by atoms with E-state index in [1.807, 2.05) is 0 Å². The van der Waals surface area contributed by atoms with E-state index < -0.39 is 35.4 Å². The highest BCUT2D eigenvalue weighted by Crippen LogP contribution is 2.36. The molecule has 0 amide bonds. The Morgan fingerprint density at radius 1 is 1.43 bits per heavy atom. The van der Waals surface area contributed by atoms with E-state index in [0.29, 0.717) is 18.7 Å². The van der Waals surface area contributed by atoms with Gasteiger partial charge in [-0.15, -0.1) is 0 Å². The second kappa shape index (κ2) is 7.87. The molecule has 1 aromatic heterocycles. The van der Waals surface area contributed by atoms with E-state index in [1.165, 1.54) is 10.8 Å². The average Bonchev–Trinajstić information content (AvgIpc) is 2.83. The molecule has 0 aliphatic heterocycles. The molecule has 1 fully saturated rings. The molecule has 8 nitrogen and oxygen atoms in total. The van der Waals surface area contributed by atoms with Crippen LogP contribution in [0.1, 0.15) is 30.9 Å². The minimum Gasteiger partial charge on any atom is -0.396 e. The van der Waals surface area contributed by atoms with Crippen LogP contribution in [-0.4, -0.2) is 51.7 Å². The normalized spacial score (nSPS) is 27.5. The highest BCUT2D eigenvalue weighted by atomic mass is 16.5. The van der Waals surface area contributed by atoms with Gasteiger partial charge in [-0.05, 0) is 32.7 Å². The van der Waals surface area contributed by atoms with E-state index >= 15 is 0 Å². The van der Waals surface area contributed by atoms with Crippen molar-refractivity contribution in [3.8, 4) is 0 Å². The second-order valence-corrected chi connectivity index (χ2v) is 6.03. The Morgan fingerprint density at radius 2 is 2.17 bits per heavy atom. The van der Waals surface area contributed by atoms with Gasteiger partial charge in [0.05, 0.1) is 24.9 Å². The summed E-state index contributed by atoms with van der Waals surface area (Å²) in [5.74, 6) is -0.461. The first-order valence-corrected chi connectivity index (χ1v) is 7.92. The third-order valence-corrected chi connectivity index (χ3v) is 4.40. The van der Waals surface area contributed by atoms with E-state index in [9.17, 15) is 19.8 Å². The maximum atomic E-state index is 12.1. The van der Waals surface area contributed by atoms with Crippen LogP contribution in [0.3, 0.4) is 0 Å². The monoisotopic (exact) mass is 327 g/mol. The van der Waals surface area contributed by atoms with Gasteiger partial charge in [0, 0.05) is 24.3 Å². The smallest absolute Gasteiger partial charge is 0.328 e. The number of aromatic amines is 1. The van der Waals surface area contributed by atoms with Crippen molar-refractivity contribution in [2.75, 3.05) is 19.8 Å². The van der Waals surface area contributed by atoms with Crippen molar-refractivity contribution in [3.63, 3.8) is 0 Å². The lowest BCUT2D eigenvalue weighted by Gasteiger charge is -2.26. The summed E-state index contributed by atoms with van der Waals surface area (Å²) < 4.78 is 7.24. The summed E-state index contributed by atoms with van der Waals surface area (Å²) in [6.45, 7) is 2.40. The van der Waals surface area contributed by atoms with Crippen molar-refractivity contribution in [1.29, 1.82) is 0 Å². The number of aryl methyl sites for hydroxylation is 1. The van der Waals surface area contributed by atoms with Crippen LogP contribution < -0.4 is 17.0 Å². The highest BCUT2D eigenvalue weighted by Gasteiger charge is 2.44. The van der Waals surface area contributed by atoms with Gasteiger partial charge in [0.1, 0.15) is 0 Å². The predicted octanol–water partition coefficient (Wildman–Crippen LogP) is -1.12. The quantitative estimate of drug-likeness (QED) is 0.469. The van der Waals surface area contributed by atoms with Gasteiger partial charge in [0.2, 0.25) is 0 Å².